The Morgan fingerprint density at radius 1 is 1.12 bits per heavy atom. The normalized spacial score (nSPS) is 22.8. The molecule has 2 aliphatic rings. The van der Waals surface area contributed by atoms with Crippen molar-refractivity contribution in [1.29, 1.82) is 0 Å². The Morgan fingerprint density at radius 2 is 1.88 bits per heavy atom. The lowest BCUT2D eigenvalue weighted by atomic mass is 9.85. The highest BCUT2D eigenvalue weighted by Crippen LogP contribution is 2.40. The second-order valence-corrected chi connectivity index (χ2v) is 10.4. The zero-order valence-corrected chi connectivity index (χ0v) is 20.4. The topological polar surface area (TPSA) is 74.1 Å². The molecule has 5 rings (SSSR count). The van der Waals surface area contributed by atoms with Crippen molar-refractivity contribution in [2.75, 3.05) is 14.1 Å². The Hall–Kier alpha value is -2.70. The molecule has 5 nitrogen and oxygen atoms in total. The van der Waals surface area contributed by atoms with Gasteiger partial charge in [0.2, 0.25) is 0 Å². The summed E-state index contributed by atoms with van der Waals surface area (Å²) in [5, 5.41) is 4.73. The molecular formula is C28H35FN4O. The Labute approximate surface area is 200 Å². The van der Waals surface area contributed by atoms with Crippen LogP contribution < -0.4 is 11.1 Å². The monoisotopic (exact) mass is 462 g/mol. The summed E-state index contributed by atoms with van der Waals surface area (Å²) in [5.41, 5.74) is 11.2. The van der Waals surface area contributed by atoms with Crippen molar-refractivity contribution >= 4 is 16.8 Å². The van der Waals surface area contributed by atoms with Crippen molar-refractivity contribution in [3.8, 4) is 11.1 Å². The van der Waals surface area contributed by atoms with E-state index in [0.29, 0.717) is 29.2 Å². The third-order valence-electron chi connectivity index (χ3n) is 7.89. The van der Waals surface area contributed by atoms with Crippen LogP contribution in [0.1, 0.15) is 59.3 Å². The zero-order valence-electron chi connectivity index (χ0n) is 20.4. The van der Waals surface area contributed by atoms with E-state index in [2.05, 4.69) is 29.3 Å². The summed E-state index contributed by atoms with van der Waals surface area (Å²) in [6.45, 7) is 2.01. The van der Waals surface area contributed by atoms with Gasteiger partial charge in [0.25, 0.3) is 5.91 Å². The second-order valence-electron chi connectivity index (χ2n) is 10.4. The maximum atomic E-state index is 15.5. The van der Waals surface area contributed by atoms with E-state index >= 15 is 4.39 Å². The highest BCUT2D eigenvalue weighted by Gasteiger charge is 2.30. The number of nitrogens with zero attached hydrogens (tertiary/aromatic N) is 1. The first kappa shape index (κ1) is 23.1. The minimum Gasteiger partial charge on any atom is -0.366 e. The van der Waals surface area contributed by atoms with Crippen LogP contribution in [0, 0.1) is 12.7 Å². The summed E-state index contributed by atoms with van der Waals surface area (Å²) >= 11 is 0. The van der Waals surface area contributed by atoms with Crippen molar-refractivity contribution in [2.24, 2.45) is 5.73 Å². The number of aromatic nitrogens is 1. The van der Waals surface area contributed by atoms with E-state index in [4.69, 9.17) is 5.73 Å². The summed E-state index contributed by atoms with van der Waals surface area (Å²) in [6.07, 6.45) is 7.55. The van der Waals surface area contributed by atoms with Gasteiger partial charge < -0.3 is 20.9 Å². The van der Waals surface area contributed by atoms with Gasteiger partial charge in [0.1, 0.15) is 5.82 Å². The molecule has 2 aromatic carbocycles. The number of halogens is 1. The molecule has 1 heterocycles. The van der Waals surface area contributed by atoms with Gasteiger partial charge in [-0.1, -0.05) is 29.8 Å². The van der Waals surface area contributed by atoms with Crippen LogP contribution in [-0.4, -0.2) is 48.0 Å². The predicted octanol–water partition coefficient (Wildman–Crippen LogP) is 4.70. The number of aryl methyl sites for hydroxylation is 2. The molecule has 180 valence electrons. The number of amides is 1. The summed E-state index contributed by atoms with van der Waals surface area (Å²) in [5.74, 6) is -1.00. The quantitative estimate of drug-likeness (QED) is 0.515. The molecule has 6 heteroatoms. The number of carbonyl (C=O) groups excluding carboxylic acids is 1. The fourth-order valence-electron chi connectivity index (χ4n) is 6.08. The molecule has 3 aromatic rings. The number of carbonyl (C=O) groups is 1. The highest BCUT2D eigenvalue weighted by molar-refractivity contribution is 6.11. The summed E-state index contributed by atoms with van der Waals surface area (Å²) in [6, 6.07) is 10.7. The lowest BCUT2D eigenvalue weighted by Gasteiger charge is -2.36. The number of aromatic amines is 1. The maximum Gasteiger partial charge on any atom is 0.250 e. The van der Waals surface area contributed by atoms with Crippen molar-refractivity contribution in [1.82, 2.24) is 15.2 Å². The van der Waals surface area contributed by atoms with Crippen molar-refractivity contribution in [2.45, 2.75) is 70.0 Å². The largest absolute Gasteiger partial charge is 0.366 e. The zero-order chi connectivity index (χ0) is 24.0. The molecular weight excluding hydrogens is 427 g/mol. The van der Waals surface area contributed by atoms with Gasteiger partial charge in [-0.3, -0.25) is 4.79 Å². The molecule has 0 saturated heterocycles. The number of H-pyrrole nitrogens is 1. The molecule has 1 amide bonds. The SMILES string of the molecule is Cc1cccc(-c2c(F)cc(C(N)=O)c3[nH]c4c(c23)CC(NC2CCC(N(C)C)CC2)CC4)c1. The van der Waals surface area contributed by atoms with E-state index in [0.717, 1.165) is 47.0 Å². The molecule has 1 saturated carbocycles. The van der Waals surface area contributed by atoms with Crippen LogP contribution in [0.3, 0.4) is 0 Å². The number of rotatable bonds is 5. The van der Waals surface area contributed by atoms with E-state index in [9.17, 15) is 4.79 Å². The summed E-state index contributed by atoms with van der Waals surface area (Å²) in [4.78, 5) is 18.0. The highest BCUT2D eigenvalue weighted by atomic mass is 19.1. The van der Waals surface area contributed by atoms with Gasteiger partial charge >= 0.3 is 0 Å². The van der Waals surface area contributed by atoms with E-state index in [1.54, 1.807) is 0 Å². The fourth-order valence-corrected chi connectivity index (χ4v) is 6.08. The maximum absolute atomic E-state index is 15.5. The average molecular weight is 463 g/mol. The third-order valence-corrected chi connectivity index (χ3v) is 7.89. The number of nitrogens with one attached hydrogen (secondary N) is 2. The minimum absolute atomic E-state index is 0.227. The van der Waals surface area contributed by atoms with E-state index in [1.165, 1.54) is 31.7 Å². The molecule has 4 N–H and O–H groups in total. The lowest BCUT2D eigenvalue weighted by Crippen LogP contribution is -2.45. The molecule has 1 atom stereocenters. The number of fused-ring (bicyclic) bond motifs is 3. The van der Waals surface area contributed by atoms with E-state index in [1.807, 2.05) is 31.2 Å². The second kappa shape index (κ2) is 9.16. The number of hydrogen-bond donors (Lipinski definition) is 3. The smallest absolute Gasteiger partial charge is 0.250 e. The van der Waals surface area contributed by atoms with Crippen LogP contribution in [0.4, 0.5) is 4.39 Å². The molecule has 1 fully saturated rings. The Balaban J connectivity index is 1.51. The van der Waals surface area contributed by atoms with Gasteiger partial charge in [-0.2, -0.15) is 0 Å². The predicted molar refractivity (Wildman–Crippen MR) is 136 cm³/mol. The number of nitrogens with two attached hydrogens (primary N) is 1. The minimum atomic E-state index is -0.606. The van der Waals surface area contributed by atoms with Crippen molar-refractivity contribution in [3.05, 3.63) is 58.5 Å². The van der Waals surface area contributed by atoms with Crippen LogP contribution in [0.5, 0.6) is 0 Å². The standard InChI is InChI=1S/C28H35FN4O/c1-16-5-4-6-17(13-16)25-23(29)15-22(28(30)34)27-26(25)21-14-19(9-12-24(21)32-27)31-18-7-10-20(11-8-18)33(2)3/h4-6,13,15,18-20,31-32H,7-12,14H2,1-3H3,(H2,30,34). The van der Waals surface area contributed by atoms with Crippen LogP contribution >= 0.6 is 0 Å². The van der Waals surface area contributed by atoms with Gasteiger partial charge in [-0.25, -0.2) is 4.39 Å². The molecule has 0 radical (unpaired) electrons. The first-order valence-electron chi connectivity index (χ1n) is 12.5. The van der Waals surface area contributed by atoms with Crippen molar-refractivity contribution < 1.29 is 9.18 Å². The Morgan fingerprint density at radius 3 is 2.56 bits per heavy atom. The van der Waals surface area contributed by atoms with Gasteiger partial charge in [0.15, 0.2) is 0 Å². The van der Waals surface area contributed by atoms with Crippen LogP contribution in [0.25, 0.3) is 22.0 Å². The molecule has 2 aliphatic carbocycles. The number of benzene rings is 2. The molecule has 34 heavy (non-hydrogen) atoms. The van der Waals surface area contributed by atoms with Gasteiger partial charge in [-0.15, -0.1) is 0 Å². The van der Waals surface area contributed by atoms with Gasteiger partial charge in [0.05, 0.1) is 11.1 Å². The number of primary amides is 1. The fraction of sp³-hybridized carbons (Fsp3) is 0.464. The first-order valence-corrected chi connectivity index (χ1v) is 12.5. The van der Waals surface area contributed by atoms with Crippen LogP contribution in [0.2, 0.25) is 0 Å². The van der Waals surface area contributed by atoms with Crippen LogP contribution in [-0.2, 0) is 12.8 Å². The average Bonchev–Trinajstić information content (AvgIpc) is 3.17. The lowest BCUT2D eigenvalue weighted by molar-refractivity contribution is 0.100. The molecule has 1 aromatic heterocycles. The Kier molecular flexibility index (Phi) is 6.21. The van der Waals surface area contributed by atoms with E-state index < -0.39 is 11.7 Å². The molecule has 0 bridgehead atoms. The van der Waals surface area contributed by atoms with Crippen LogP contribution in [0.15, 0.2) is 30.3 Å². The van der Waals surface area contributed by atoms with E-state index in [-0.39, 0.29) is 5.56 Å². The molecule has 0 spiro atoms. The first-order chi connectivity index (χ1) is 16.3. The molecule has 0 aliphatic heterocycles. The number of hydrogen-bond acceptors (Lipinski definition) is 3. The van der Waals surface area contributed by atoms with Gasteiger partial charge in [-0.05, 0) is 83.2 Å². The third kappa shape index (κ3) is 4.25. The summed E-state index contributed by atoms with van der Waals surface area (Å²) < 4.78 is 15.5. The Bertz CT molecular complexity index is 1220. The molecule has 1 unspecified atom stereocenters. The summed E-state index contributed by atoms with van der Waals surface area (Å²) in [7, 11) is 4.34. The van der Waals surface area contributed by atoms with Gasteiger partial charge in [0, 0.05) is 34.8 Å². The van der Waals surface area contributed by atoms with Crippen molar-refractivity contribution in [3.63, 3.8) is 0 Å².